The van der Waals surface area contributed by atoms with E-state index in [1.54, 1.807) is 0 Å². The molecular weight excluding hydrogens is 214 g/mol. The monoisotopic (exact) mass is 239 g/mol. The third-order valence-corrected chi connectivity index (χ3v) is 4.13. The molecule has 2 heterocycles. The van der Waals surface area contributed by atoms with E-state index in [-0.39, 0.29) is 11.8 Å². The van der Waals surface area contributed by atoms with Crippen LogP contribution >= 0.6 is 0 Å². The van der Waals surface area contributed by atoms with Gasteiger partial charge < -0.3 is 10.6 Å². The lowest BCUT2D eigenvalue weighted by molar-refractivity contribution is -0.125. The SMILES string of the molecule is CCN1CCCC1CNC(=O)C1CCNCC1. The fraction of sp³-hybridized carbons (Fsp3) is 0.923. The minimum atomic E-state index is 0.243. The van der Waals surface area contributed by atoms with Gasteiger partial charge in [-0.2, -0.15) is 0 Å². The zero-order valence-corrected chi connectivity index (χ0v) is 10.9. The number of nitrogens with one attached hydrogen (secondary N) is 2. The van der Waals surface area contributed by atoms with Gasteiger partial charge in [-0.05, 0) is 51.9 Å². The van der Waals surface area contributed by atoms with Crippen molar-refractivity contribution in [1.29, 1.82) is 0 Å². The van der Waals surface area contributed by atoms with Crippen molar-refractivity contribution in [2.45, 2.75) is 38.6 Å². The van der Waals surface area contributed by atoms with E-state index in [0.717, 1.165) is 39.0 Å². The van der Waals surface area contributed by atoms with Crippen molar-refractivity contribution in [2.75, 3.05) is 32.7 Å². The lowest BCUT2D eigenvalue weighted by Crippen LogP contribution is -2.44. The van der Waals surface area contributed by atoms with Gasteiger partial charge in [0.1, 0.15) is 0 Å². The normalized spacial score (nSPS) is 27.2. The van der Waals surface area contributed by atoms with E-state index in [0.29, 0.717) is 6.04 Å². The van der Waals surface area contributed by atoms with E-state index < -0.39 is 0 Å². The molecule has 4 heteroatoms. The molecule has 0 aliphatic carbocycles. The number of piperidine rings is 1. The lowest BCUT2D eigenvalue weighted by Gasteiger charge is -2.25. The topological polar surface area (TPSA) is 44.4 Å². The van der Waals surface area contributed by atoms with Crippen LogP contribution in [0.4, 0.5) is 0 Å². The number of nitrogens with zero attached hydrogens (tertiary/aromatic N) is 1. The number of carbonyl (C=O) groups excluding carboxylic acids is 1. The number of carbonyl (C=O) groups is 1. The zero-order valence-electron chi connectivity index (χ0n) is 10.9. The minimum absolute atomic E-state index is 0.243. The highest BCUT2D eigenvalue weighted by Crippen LogP contribution is 2.16. The van der Waals surface area contributed by atoms with E-state index in [9.17, 15) is 4.79 Å². The van der Waals surface area contributed by atoms with Crippen molar-refractivity contribution >= 4 is 5.91 Å². The average molecular weight is 239 g/mol. The number of likely N-dealkylation sites (N-methyl/N-ethyl adjacent to an activating group) is 1. The Kier molecular flexibility index (Phi) is 4.80. The molecule has 2 rings (SSSR count). The maximum atomic E-state index is 12.0. The van der Waals surface area contributed by atoms with Crippen LogP contribution in [0.25, 0.3) is 0 Å². The molecule has 2 saturated heterocycles. The number of hydrogen-bond donors (Lipinski definition) is 2. The molecule has 17 heavy (non-hydrogen) atoms. The Bertz CT molecular complexity index is 251. The molecule has 0 aromatic carbocycles. The average Bonchev–Trinajstić information content (AvgIpc) is 2.84. The molecular formula is C13H25N3O. The summed E-state index contributed by atoms with van der Waals surface area (Å²) in [5.74, 6) is 0.516. The van der Waals surface area contributed by atoms with Gasteiger partial charge in [-0.3, -0.25) is 9.69 Å². The van der Waals surface area contributed by atoms with E-state index in [4.69, 9.17) is 0 Å². The van der Waals surface area contributed by atoms with Gasteiger partial charge in [-0.15, -0.1) is 0 Å². The van der Waals surface area contributed by atoms with Crippen LogP contribution in [0.2, 0.25) is 0 Å². The van der Waals surface area contributed by atoms with Gasteiger partial charge >= 0.3 is 0 Å². The van der Waals surface area contributed by atoms with E-state index >= 15 is 0 Å². The van der Waals surface area contributed by atoms with Gasteiger partial charge in [0.25, 0.3) is 0 Å². The highest BCUT2D eigenvalue weighted by atomic mass is 16.1. The smallest absolute Gasteiger partial charge is 0.223 e. The molecule has 0 saturated carbocycles. The summed E-state index contributed by atoms with van der Waals surface area (Å²) < 4.78 is 0. The zero-order chi connectivity index (χ0) is 12.1. The summed E-state index contributed by atoms with van der Waals surface area (Å²) in [4.78, 5) is 14.5. The van der Waals surface area contributed by atoms with Crippen molar-refractivity contribution in [2.24, 2.45) is 5.92 Å². The van der Waals surface area contributed by atoms with E-state index in [2.05, 4.69) is 22.5 Å². The van der Waals surface area contributed by atoms with Crippen LogP contribution in [0.15, 0.2) is 0 Å². The van der Waals surface area contributed by atoms with Crippen molar-refractivity contribution in [3.05, 3.63) is 0 Å². The summed E-state index contributed by atoms with van der Waals surface area (Å²) >= 11 is 0. The molecule has 0 radical (unpaired) electrons. The van der Waals surface area contributed by atoms with E-state index in [1.807, 2.05) is 0 Å². The number of rotatable bonds is 4. The summed E-state index contributed by atoms with van der Waals surface area (Å²) in [7, 11) is 0. The number of likely N-dealkylation sites (tertiary alicyclic amines) is 1. The second-order valence-corrected chi connectivity index (χ2v) is 5.19. The third kappa shape index (κ3) is 3.42. The third-order valence-electron chi connectivity index (χ3n) is 4.13. The number of amides is 1. The molecule has 2 aliphatic heterocycles. The molecule has 0 aromatic heterocycles. The molecule has 4 nitrogen and oxygen atoms in total. The van der Waals surface area contributed by atoms with Gasteiger partial charge in [-0.1, -0.05) is 6.92 Å². The van der Waals surface area contributed by atoms with Crippen LogP contribution in [0.1, 0.15) is 32.6 Å². The Labute approximate surface area is 104 Å². The first-order valence-corrected chi connectivity index (χ1v) is 7.03. The second-order valence-electron chi connectivity index (χ2n) is 5.19. The van der Waals surface area contributed by atoms with Crippen molar-refractivity contribution in [3.63, 3.8) is 0 Å². The van der Waals surface area contributed by atoms with Crippen LogP contribution in [-0.2, 0) is 4.79 Å². The van der Waals surface area contributed by atoms with Gasteiger partial charge in [0, 0.05) is 18.5 Å². The Morgan fingerprint density at radius 2 is 2.12 bits per heavy atom. The first-order valence-electron chi connectivity index (χ1n) is 7.03. The maximum absolute atomic E-state index is 12.0. The Morgan fingerprint density at radius 3 is 2.82 bits per heavy atom. The van der Waals surface area contributed by atoms with Crippen molar-refractivity contribution < 1.29 is 4.79 Å². The summed E-state index contributed by atoms with van der Waals surface area (Å²) in [6.07, 6.45) is 4.50. The fourth-order valence-electron chi connectivity index (χ4n) is 2.99. The van der Waals surface area contributed by atoms with Gasteiger partial charge in [0.15, 0.2) is 0 Å². The van der Waals surface area contributed by atoms with Crippen LogP contribution in [0, 0.1) is 5.92 Å². The first kappa shape index (κ1) is 12.8. The Hall–Kier alpha value is -0.610. The van der Waals surface area contributed by atoms with Crippen LogP contribution < -0.4 is 10.6 Å². The molecule has 2 aliphatic rings. The maximum Gasteiger partial charge on any atom is 0.223 e. The summed E-state index contributed by atoms with van der Waals surface area (Å²) in [5.41, 5.74) is 0. The lowest BCUT2D eigenvalue weighted by atomic mass is 9.97. The molecule has 1 amide bonds. The minimum Gasteiger partial charge on any atom is -0.354 e. The molecule has 0 spiro atoms. The molecule has 1 unspecified atom stereocenters. The van der Waals surface area contributed by atoms with E-state index in [1.165, 1.54) is 19.4 Å². The van der Waals surface area contributed by atoms with Crippen molar-refractivity contribution in [1.82, 2.24) is 15.5 Å². The van der Waals surface area contributed by atoms with Crippen LogP contribution in [0.3, 0.4) is 0 Å². The Morgan fingerprint density at radius 1 is 1.35 bits per heavy atom. The standard InChI is InChI=1S/C13H25N3O/c1-2-16-9-3-4-12(16)10-15-13(17)11-5-7-14-8-6-11/h11-12,14H,2-10H2,1H3,(H,15,17). The highest BCUT2D eigenvalue weighted by Gasteiger charge is 2.25. The summed E-state index contributed by atoms with van der Waals surface area (Å²) in [5, 5.41) is 6.44. The second kappa shape index (κ2) is 6.36. The quantitative estimate of drug-likeness (QED) is 0.754. The predicted molar refractivity (Wildman–Crippen MR) is 68.9 cm³/mol. The molecule has 1 atom stereocenters. The highest BCUT2D eigenvalue weighted by molar-refractivity contribution is 5.78. The predicted octanol–water partition coefficient (Wildman–Crippen LogP) is 0.587. The summed E-state index contributed by atoms with van der Waals surface area (Å²) in [6.45, 7) is 7.33. The Balaban J connectivity index is 1.71. The largest absolute Gasteiger partial charge is 0.354 e. The van der Waals surface area contributed by atoms with Gasteiger partial charge in [0.2, 0.25) is 5.91 Å². The molecule has 2 N–H and O–H groups in total. The van der Waals surface area contributed by atoms with Crippen LogP contribution in [0.5, 0.6) is 0 Å². The van der Waals surface area contributed by atoms with Gasteiger partial charge in [-0.25, -0.2) is 0 Å². The summed E-state index contributed by atoms with van der Waals surface area (Å²) in [6, 6.07) is 0.575. The van der Waals surface area contributed by atoms with Crippen molar-refractivity contribution in [3.8, 4) is 0 Å². The van der Waals surface area contributed by atoms with Gasteiger partial charge in [0.05, 0.1) is 0 Å². The fourth-order valence-corrected chi connectivity index (χ4v) is 2.99. The molecule has 98 valence electrons. The molecule has 0 aromatic rings. The number of hydrogen-bond acceptors (Lipinski definition) is 3. The molecule has 2 fully saturated rings. The molecule has 0 bridgehead atoms. The first-order chi connectivity index (χ1) is 8.31. The van der Waals surface area contributed by atoms with Crippen LogP contribution in [-0.4, -0.2) is 49.6 Å².